The summed E-state index contributed by atoms with van der Waals surface area (Å²) in [5, 5.41) is 2.88. The van der Waals surface area contributed by atoms with Crippen LogP contribution < -0.4 is 10.2 Å². The van der Waals surface area contributed by atoms with E-state index >= 15 is 0 Å². The summed E-state index contributed by atoms with van der Waals surface area (Å²) >= 11 is 0. The van der Waals surface area contributed by atoms with Gasteiger partial charge in [-0.3, -0.25) is 4.99 Å². The van der Waals surface area contributed by atoms with E-state index in [1.165, 1.54) is 0 Å². The van der Waals surface area contributed by atoms with Gasteiger partial charge in [-0.05, 0) is 44.9 Å². The smallest absolute Gasteiger partial charge is 0.367 e. The van der Waals surface area contributed by atoms with Crippen molar-refractivity contribution in [2.24, 2.45) is 4.99 Å². The predicted molar refractivity (Wildman–Crippen MR) is 87.4 cm³/mol. The second-order valence-electron chi connectivity index (χ2n) is 6.26. The van der Waals surface area contributed by atoms with E-state index in [4.69, 9.17) is 0 Å². The SMILES string of the molecule is C=N/C=C(\C)C1CCCN1c1ncc(C(F)(F)F)c(NC2CC2)n1. The number of halogens is 3. The number of hydrogen-bond acceptors (Lipinski definition) is 5. The Bertz CT molecular complexity index is 652. The maximum atomic E-state index is 13.2. The number of nitrogens with one attached hydrogen (secondary N) is 1. The number of aromatic nitrogens is 2. The zero-order chi connectivity index (χ0) is 17.3. The molecule has 1 aliphatic heterocycles. The van der Waals surface area contributed by atoms with Crippen LogP contribution in [-0.4, -0.2) is 35.3 Å². The van der Waals surface area contributed by atoms with Crippen LogP contribution in [-0.2, 0) is 6.18 Å². The summed E-state index contributed by atoms with van der Waals surface area (Å²) in [4.78, 5) is 13.9. The Hall–Kier alpha value is -2.12. The number of nitrogens with zero attached hydrogens (tertiary/aromatic N) is 4. The van der Waals surface area contributed by atoms with Gasteiger partial charge in [-0.2, -0.15) is 18.2 Å². The third kappa shape index (κ3) is 3.52. The third-order valence-corrected chi connectivity index (χ3v) is 4.33. The topological polar surface area (TPSA) is 53.4 Å². The Balaban J connectivity index is 1.92. The predicted octanol–water partition coefficient (Wildman–Crippen LogP) is 3.64. The second kappa shape index (κ2) is 6.41. The van der Waals surface area contributed by atoms with Crippen LogP contribution in [0.1, 0.15) is 38.2 Å². The standard InChI is InChI=1S/C16H20F3N5/c1-10(8-20-2)13-4-3-7-24(13)15-21-9-12(16(17,18)19)14(23-15)22-11-5-6-11/h8-9,11,13H,2-7H2,1H3,(H,21,22,23)/b10-8+. The van der Waals surface area contributed by atoms with Crippen LogP contribution in [0.3, 0.4) is 0 Å². The Morgan fingerprint density at radius 1 is 1.42 bits per heavy atom. The molecule has 24 heavy (non-hydrogen) atoms. The zero-order valence-electron chi connectivity index (χ0n) is 13.5. The van der Waals surface area contributed by atoms with Crippen molar-refractivity contribution in [1.82, 2.24) is 9.97 Å². The quantitative estimate of drug-likeness (QED) is 0.832. The average molecular weight is 339 g/mol. The molecule has 1 aromatic rings. The fourth-order valence-corrected chi connectivity index (χ4v) is 2.96. The Labute approximate surface area is 138 Å². The van der Waals surface area contributed by atoms with Gasteiger partial charge in [-0.15, -0.1) is 0 Å². The van der Waals surface area contributed by atoms with Gasteiger partial charge in [0.25, 0.3) is 0 Å². The molecule has 1 saturated heterocycles. The van der Waals surface area contributed by atoms with Gasteiger partial charge in [0.2, 0.25) is 5.95 Å². The molecule has 0 spiro atoms. The molecule has 0 amide bonds. The van der Waals surface area contributed by atoms with Gasteiger partial charge >= 0.3 is 6.18 Å². The van der Waals surface area contributed by atoms with Gasteiger partial charge in [0.1, 0.15) is 11.4 Å². The van der Waals surface area contributed by atoms with E-state index in [1.807, 2.05) is 11.8 Å². The summed E-state index contributed by atoms with van der Waals surface area (Å²) in [5.74, 6) is 0.203. The van der Waals surface area contributed by atoms with Crippen LogP contribution in [0, 0.1) is 0 Å². The highest BCUT2D eigenvalue weighted by Gasteiger charge is 2.38. The molecule has 2 aliphatic rings. The Morgan fingerprint density at radius 3 is 2.79 bits per heavy atom. The summed E-state index contributed by atoms with van der Waals surface area (Å²) in [6.45, 7) is 6.10. The van der Waals surface area contributed by atoms with Crippen LogP contribution >= 0.6 is 0 Å². The number of aliphatic imine (C=N–C) groups is 1. The minimum absolute atomic E-state index is 0.0426. The minimum Gasteiger partial charge on any atom is -0.367 e. The fraction of sp³-hybridized carbons (Fsp3) is 0.562. The van der Waals surface area contributed by atoms with Gasteiger partial charge in [0.15, 0.2) is 0 Å². The first kappa shape index (κ1) is 16.7. The Morgan fingerprint density at radius 2 is 2.17 bits per heavy atom. The van der Waals surface area contributed by atoms with Crippen molar-refractivity contribution in [2.75, 3.05) is 16.8 Å². The largest absolute Gasteiger partial charge is 0.421 e. The highest BCUT2D eigenvalue weighted by atomic mass is 19.4. The van der Waals surface area contributed by atoms with E-state index in [9.17, 15) is 13.2 Å². The lowest BCUT2D eigenvalue weighted by Gasteiger charge is -2.26. The highest BCUT2D eigenvalue weighted by Crippen LogP contribution is 2.37. The molecule has 1 aromatic heterocycles. The molecule has 0 radical (unpaired) electrons. The third-order valence-electron chi connectivity index (χ3n) is 4.33. The first-order valence-electron chi connectivity index (χ1n) is 8.00. The molecule has 1 N–H and O–H groups in total. The molecular formula is C16H20F3N5. The van der Waals surface area contributed by atoms with Gasteiger partial charge in [0.05, 0.1) is 6.04 Å². The van der Waals surface area contributed by atoms with Gasteiger partial charge in [-0.1, -0.05) is 0 Å². The molecule has 2 heterocycles. The summed E-state index contributed by atoms with van der Waals surface area (Å²) < 4.78 is 39.5. The number of anilines is 2. The number of alkyl halides is 3. The fourth-order valence-electron chi connectivity index (χ4n) is 2.96. The van der Waals surface area contributed by atoms with E-state index < -0.39 is 11.7 Å². The molecule has 1 unspecified atom stereocenters. The van der Waals surface area contributed by atoms with Crippen LogP contribution in [0.2, 0.25) is 0 Å². The van der Waals surface area contributed by atoms with Crippen molar-refractivity contribution in [3.63, 3.8) is 0 Å². The summed E-state index contributed by atoms with van der Waals surface area (Å²) in [6.07, 6.45) is 1.66. The average Bonchev–Trinajstić information content (AvgIpc) is 3.18. The zero-order valence-corrected chi connectivity index (χ0v) is 13.5. The number of hydrogen-bond donors (Lipinski definition) is 1. The van der Waals surface area contributed by atoms with Gasteiger partial charge in [-0.25, -0.2) is 4.98 Å². The molecular weight excluding hydrogens is 319 g/mol. The van der Waals surface area contributed by atoms with E-state index in [-0.39, 0.29) is 17.9 Å². The molecule has 130 valence electrons. The van der Waals surface area contributed by atoms with Crippen molar-refractivity contribution in [1.29, 1.82) is 0 Å². The van der Waals surface area contributed by atoms with Crippen LogP contribution in [0.15, 0.2) is 23.0 Å². The van der Waals surface area contributed by atoms with E-state index in [0.717, 1.165) is 37.5 Å². The van der Waals surface area contributed by atoms with Crippen molar-refractivity contribution < 1.29 is 13.2 Å². The Kier molecular flexibility index (Phi) is 4.47. The second-order valence-corrected chi connectivity index (χ2v) is 6.26. The van der Waals surface area contributed by atoms with Gasteiger partial charge < -0.3 is 10.2 Å². The lowest BCUT2D eigenvalue weighted by Crippen LogP contribution is -2.32. The lowest BCUT2D eigenvalue weighted by atomic mass is 10.1. The maximum absolute atomic E-state index is 13.2. The normalized spacial score (nSPS) is 21.9. The summed E-state index contributed by atoms with van der Waals surface area (Å²) in [5.41, 5.74) is 0.191. The maximum Gasteiger partial charge on any atom is 0.421 e. The molecule has 1 aliphatic carbocycles. The monoisotopic (exact) mass is 339 g/mol. The number of rotatable bonds is 5. The van der Waals surface area contributed by atoms with Crippen LogP contribution in [0.25, 0.3) is 0 Å². The van der Waals surface area contributed by atoms with E-state index in [1.54, 1.807) is 6.20 Å². The molecule has 8 heteroatoms. The molecule has 0 aromatic carbocycles. The van der Waals surface area contributed by atoms with Crippen molar-refractivity contribution in [3.05, 3.63) is 23.5 Å². The molecule has 0 bridgehead atoms. The van der Waals surface area contributed by atoms with Gasteiger partial charge in [0, 0.05) is 25.0 Å². The van der Waals surface area contributed by atoms with Crippen LogP contribution in [0.5, 0.6) is 0 Å². The van der Waals surface area contributed by atoms with Crippen molar-refractivity contribution in [2.45, 2.75) is 50.9 Å². The molecule has 2 fully saturated rings. The minimum atomic E-state index is -4.47. The molecule has 3 rings (SSSR count). The molecule has 1 saturated carbocycles. The van der Waals surface area contributed by atoms with E-state index in [2.05, 4.69) is 27.0 Å². The first-order valence-corrected chi connectivity index (χ1v) is 8.00. The summed E-state index contributed by atoms with van der Waals surface area (Å²) in [6, 6.07) is 0.121. The lowest BCUT2D eigenvalue weighted by molar-refractivity contribution is -0.137. The molecule has 5 nitrogen and oxygen atoms in total. The van der Waals surface area contributed by atoms with E-state index in [0.29, 0.717) is 12.5 Å². The first-order chi connectivity index (χ1) is 11.4. The van der Waals surface area contributed by atoms with Crippen molar-refractivity contribution >= 4 is 18.5 Å². The van der Waals surface area contributed by atoms with Crippen molar-refractivity contribution in [3.8, 4) is 0 Å². The van der Waals surface area contributed by atoms with Crippen LogP contribution in [0.4, 0.5) is 24.9 Å². The molecule has 1 atom stereocenters. The highest BCUT2D eigenvalue weighted by molar-refractivity contribution is 5.52. The summed E-state index contributed by atoms with van der Waals surface area (Å²) in [7, 11) is 0.